The first-order valence-electron chi connectivity index (χ1n) is 7.03. The van der Waals surface area contributed by atoms with Crippen molar-refractivity contribution in [2.75, 3.05) is 0 Å². The topological polar surface area (TPSA) is 34.0 Å². The number of nitrogens with one attached hydrogen (secondary N) is 1. The first-order chi connectivity index (χ1) is 10.1. The summed E-state index contributed by atoms with van der Waals surface area (Å²) in [6.07, 6.45) is 0. The molecule has 0 spiro atoms. The highest BCUT2D eigenvalue weighted by molar-refractivity contribution is 5.98. The van der Waals surface area contributed by atoms with Gasteiger partial charge >= 0.3 is 0 Å². The van der Waals surface area contributed by atoms with E-state index in [0.29, 0.717) is 12.1 Å². The Bertz CT molecular complexity index is 802. The second-order valence-corrected chi connectivity index (χ2v) is 5.27. The number of fused-ring (bicyclic) bond motifs is 1. The van der Waals surface area contributed by atoms with Gasteiger partial charge in [-0.2, -0.15) is 0 Å². The summed E-state index contributed by atoms with van der Waals surface area (Å²) in [6, 6.07) is 17.9. The molecule has 1 N–H and O–H groups in total. The fraction of sp³-hybridized carbons (Fsp3) is 0.167. The molecule has 1 aromatic heterocycles. The van der Waals surface area contributed by atoms with Crippen LogP contribution in [-0.4, -0.2) is 10.5 Å². The van der Waals surface area contributed by atoms with Crippen LogP contribution in [0.1, 0.15) is 21.7 Å². The van der Waals surface area contributed by atoms with Gasteiger partial charge in [0.25, 0.3) is 5.91 Å². The van der Waals surface area contributed by atoms with E-state index in [2.05, 4.69) is 22.9 Å². The highest BCUT2D eigenvalue weighted by atomic mass is 16.1. The molecule has 106 valence electrons. The standard InChI is InChI=1S/C18H18N2O/c1-13-7-10-17(20(13)2)12-19-18(21)16-9-8-14-5-3-4-6-15(14)11-16/h3-11H,12H2,1-2H3,(H,19,21). The highest BCUT2D eigenvalue weighted by Gasteiger charge is 2.07. The van der Waals surface area contributed by atoms with Crippen molar-refractivity contribution in [3.63, 3.8) is 0 Å². The lowest BCUT2D eigenvalue weighted by molar-refractivity contribution is 0.0950. The molecule has 0 bridgehead atoms. The van der Waals surface area contributed by atoms with Crippen LogP contribution in [0.15, 0.2) is 54.6 Å². The predicted molar refractivity (Wildman–Crippen MR) is 85.3 cm³/mol. The fourth-order valence-electron chi connectivity index (χ4n) is 2.45. The molecule has 0 unspecified atom stereocenters. The van der Waals surface area contributed by atoms with Crippen LogP contribution in [0.4, 0.5) is 0 Å². The SMILES string of the molecule is Cc1ccc(CNC(=O)c2ccc3ccccc3c2)n1C. The summed E-state index contributed by atoms with van der Waals surface area (Å²) < 4.78 is 2.08. The highest BCUT2D eigenvalue weighted by Crippen LogP contribution is 2.15. The molecule has 21 heavy (non-hydrogen) atoms. The third-order valence-corrected chi connectivity index (χ3v) is 3.92. The maximum atomic E-state index is 12.3. The lowest BCUT2D eigenvalue weighted by Crippen LogP contribution is -2.23. The third-order valence-electron chi connectivity index (χ3n) is 3.92. The monoisotopic (exact) mass is 278 g/mol. The Hall–Kier alpha value is -2.55. The van der Waals surface area contributed by atoms with Gasteiger partial charge in [-0.05, 0) is 42.0 Å². The Labute approximate surface area is 124 Å². The number of aromatic nitrogens is 1. The van der Waals surface area contributed by atoms with Crippen molar-refractivity contribution < 1.29 is 4.79 Å². The quantitative estimate of drug-likeness (QED) is 0.782. The van der Waals surface area contributed by atoms with Crippen LogP contribution in [0, 0.1) is 6.92 Å². The average molecular weight is 278 g/mol. The number of benzene rings is 2. The minimum absolute atomic E-state index is 0.0420. The van der Waals surface area contributed by atoms with Gasteiger partial charge in [0.2, 0.25) is 0 Å². The van der Waals surface area contributed by atoms with Gasteiger partial charge in [-0.3, -0.25) is 4.79 Å². The Morgan fingerprint density at radius 3 is 2.52 bits per heavy atom. The minimum Gasteiger partial charge on any atom is -0.350 e. The zero-order valence-electron chi connectivity index (χ0n) is 12.3. The average Bonchev–Trinajstić information content (AvgIpc) is 2.84. The van der Waals surface area contributed by atoms with Crippen LogP contribution in [0.2, 0.25) is 0 Å². The van der Waals surface area contributed by atoms with Crippen LogP contribution < -0.4 is 5.32 Å². The second kappa shape index (κ2) is 5.44. The molecule has 0 saturated carbocycles. The number of amides is 1. The summed E-state index contributed by atoms with van der Waals surface area (Å²) in [4.78, 5) is 12.3. The van der Waals surface area contributed by atoms with Gasteiger partial charge in [-0.25, -0.2) is 0 Å². The number of carbonyl (C=O) groups is 1. The summed E-state index contributed by atoms with van der Waals surface area (Å²) in [5.41, 5.74) is 2.98. The zero-order valence-corrected chi connectivity index (χ0v) is 12.3. The van der Waals surface area contributed by atoms with Crippen LogP contribution in [0.5, 0.6) is 0 Å². The summed E-state index contributed by atoms with van der Waals surface area (Å²) in [6.45, 7) is 2.59. The van der Waals surface area contributed by atoms with E-state index in [1.165, 1.54) is 5.69 Å². The lowest BCUT2D eigenvalue weighted by atomic mass is 10.1. The van der Waals surface area contributed by atoms with Crippen LogP contribution in [-0.2, 0) is 13.6 Å². The Balaban J connectivity index is 1.76. The molecule has 1 heterocycles. The van der Waals surface area contributed by atoms with Crippen molar-refractivity contribution in [2.45, 2.75) is 13.5 Å². The van der Waals surface area contributed by atoms with Gasteiger partial charge in [-0.1, -0.05) is 30.3 Å². The molecule has 0 saturated heterocycles. The molecule has 3 rings (SSSR count). The van der Waals surface area contributed by atoms with Gasteiger partial charge < -0.3 is 9.88 Å². The van der Waals surface area contributed by atoms with Gasteiger partial charge in [0.1, 0.15) is 0 Å². The Kier molecular flexibility index (Phi) is 3.48. The second-order valence-electron chi connectivity index (χ2n) is 5.27. The number of hydrogen-bond donors (Lipinski definition) is 1. The number of rotatable bonds is 3. The Morgan fingerprint density at radius 1 is 1.05 bits per heavy atom. The van der Waals surface area contributed by atoms with E-state index in [4.69, 9.17) is 0 Å². The smallest absolute Gasteiger partial charge is 0.251 e. The molecular weight excluding hydrogens is 260 g/mol. The molecule has 3 aromatic rings. The summed E-state index contributed by atoms with van der Waals surface area (Å²) in [5.74, 6) is -0.0420. The van der Waals surface area contributed by atoms with Crippen molar-refractivity contribution in [2.24, 2.45) is 7.05 Å². The Morgan fingerprint density at radius 2 is 1.81 bits per heavy atom. The van der Waals surface area contributed by atoms with Crippen molar-refractivity contribution >= 4 is 16.7 Å². The third kappa shape index (κ3) is 2.68. The first-order valence-corrected chi connectivity index (χ1v) is 7.03. The summed E-state index contributed by atoms with van der Waals surface area (Å²) in [7, 11) is 2.01. The van der Waals surface area contributed by atoms with E-state index >= 15 is 0 Å². The van der Waals surface area contributed by atoms with Crippen LogP contribution >= 0.6 is 0 Å². The molecule has 3 heteroatoms. The number of nitrogens with zero attached hydrogens (tertiary/aromatic N) is 1. The van der Waals surface area contributed by atoms with Crippen molar-refractivity contribution in [3.05, 3.63) is 71.5 Å². The molecule has 0 aliphatic carbocycles. The molecule has 3 nitrogen and oxygen atoms in total. The van der Waals surface area contributed by atoms with Gasteiger partial charge in [-0.15, -0.1) is 0 Å². The summed E-state index contributed by atoms with van der Waals surface area (Å²) >= 11 is 0. The molecule has 0 atom stereocenters. The molecule has 0 radical (unpaired) electrons. The molecule has 0 fully saturated rings. The molecule has 1 amide bonds. The van der Waals surface area contributed by atoms with E-state index in [1.807, 2.05) is 55.6 Å². The van der Waals surface area contributed by atoms with E-state index < -0.39 is 0 Å². The normalized spacial score (nSPS) is 10.8. The number of aryl methyl sites for hydroxylation is 1. The summed E-state index contributed by atoms with van der Waals surface area (Å²) in [5, 5.41) is 5.20. The molecule has 2 aromatic carbocycles. The van der Waals surface area contributed by atoms with Crippen LogP contribution in [0.3, 0.4) is 0 Å². The van der Waals surface area contributed by atoms with E-state index in [-0.39, 0.29) is 5.91 Å². The first kappa shape index (κ1) is 13.4. The maximum absolute atomic E-state index is 12.3. The van der Waals surface area contributed by atoms with E-state index in [9.17, 15) is 4.79 Å². The maximum Gasteiger partial charge on any atom is 0.251 e. The molecule has 0 aliphatic rings. The van der Waals surface area contributed by atoms with Crippen molar-refractivity contribution in [1.82, 2.24) is 9.88 Å². The van der Waals surface area contributed by atoms with Gasteiger partial charge in [0.15, 0.2) is 0 Å². The molecule has 0 aliphatic heterocycles. The van der Waals surface area contributed by atoms with Crippen LogP contribution in [0.25, 0.3) is 10.8 Å². The fourth-order valence-corrected chi connectivity index (χ4v) is 2.45. The van der Waals surface area contributed by atoms with E-state index in [0.717, 1.165) is 16.5 Å². The number of hydrogen-bond acceptors (Lipinski definition) is 1. The van der Waals surface area contributed by atoms with Gasteiger partial charge in [0, 0.05) is 24.0 Å². The van der Waals surface area contributed by atoms with Gasteiger partial charge in [0.05, 0.1) is 6.54 Å². The van der Waals surface area contributed by atoms with E-state index in [1.54, 1.807) is 0 Å². The lowest BCUT2D eigenvalue weighted by Gasteiger charge is -2.08. The predicted octanol–water partition coefficient (Wildman–Crippen LogP) is 3.42. The van der Waals surface area contributed by atoms with Crippen molar-refractivity contribution in [1.29, 1.82) is 0 Å². The largest absolute Gasteiger partial charge is 0.350 e. The van der Waals surface area contributed by atoms with Crippen molar-refractivity contribution in [3.8, 4) is 0 Å². The molecular formula is C18H18N2O. The minimum atomic E-state index is -0.0420. The zero-order chi connectivity index (χ0) is 14.8. The number of carbonyl (C=O) groups excluding carboxylic acids is 1.